The predicted octanol–water partition coefficient (Wildman–Crippen LogP) is 1.99. The van der Waals surface area contributed by atoms with Crippen LogP contribution < -0.4 is 5.73 Å². The van der Waals surface area contributed by atoms with Gasteiger partial charge in [-0.15, -0.1) is 0 Å². The van der Waals surface area contributed by atoms with Crippen molar-refractivity contribution in [3.8, 4) is 0 Å². The molecule has 1 atom stereocenters. The molecule has 0 spiro atoms. The zero-order valence-corrected chi connectivity index (χ0v) is 8.85. The molecule has 1 aromatic heterocycles. The quantitative estimate of drug-likeness (QED) is 0.814. The van der Waals surface area contributed by atoms with Gasteiger partial charge in [-0.1, -0.05) is 13.8 Å². The highest BCUT2D eigenvalue weighted by molar-refractivity contribution is 5.38. The Morgan fingerprint density at radius 1 is 1.33 bits per heavy atom. The summed E-state index contributed by atoms with van der Waals surface area (Å²) in [7, 11) is 0. The number of pyridine rings is 1. The minimum atomic E-state index is -0.592. The van der Waals surface area contributed by atoms with Crippen LogP contribution in [0, 0.1) is 17.0 Å². The molecule has 1 aliphatic carbocycles. The fraction of sp³-hybridized carbons (Fsp3) is 0.545. The summed E-state index contributed by atoms with van der Waals surface area (Å²) < 4.78 is 27.1. The van der Waals surface area contributed by atoms with E-state index in [2.05, 4.69) is 4.98 Å². The van der Waals surface area contributed by atoms with Crippen molar-refractivity contribution in [1.82, 2.24) is 4.98 Å². The van der Waals surface area contributed by atoms with Crippen LogP contribution in [-0.2, 0) is 5.41 Å². The Labute approximate surface area is 87.5 Å². The number of rotatable bonds is 2. The highest BCUT2D eigenvalue weighted by Gasteiger charge is 2.63. The standard InChI is InChI=1S/C11H14F2N2/c1-10(2)5-11(10,6-14)9-7(12)3-15-4-8(9)13/h3-4H,5-6,14H2,1-2H3. The van der Waals surface area contributed by atoms with E-state index in [0.717, 1.165) is 12.4 Å². The Balaban J connectivity index is 2.55. The average molecular weight is 212 g/mol. The summed E-state index contributed by atoms with van der Waals surface area (Å²) in [4.78, 5) is 3.48. The lowest BCUT2D eigenvalue weighted by atomic mass is 9.88. The number of nitrogens with zero attached hydrogens (tertiary/aromatic N) is 1. The van der Waals surface area contributed by atoms with Crippen molar-refractivity contribution in [1.29, 1.82) is 0 Å². The molecular formula is C11H14F2N2. The molecule has 4 heteroatoms. The van der Waals surface area contributed by atoms with E-state index in [4.69, 9.17) is 5.73 Å². The van der Waals surface area contributed by atoms with Gasteiger partial charge in [0.2, 0.25) is 0 Å². The molecular weight excluding hydrogens is 198 g/mol. The molecule has 0 aromatic carbocycles. The normalized spacial score (nSPS) is 27.8. The van der Waals surface area contributed by atoms with Gasteiger partial charge in [-0.3, -0.25) is 4.98 Å². The highest BCUT2D eigenvalue weighted by Crippen LogP contribution is 2.64. The van der Waals surface area contributed by atoms with E-state index in [1.807, 2.05) is 13.8 Å². The van der Waals surface area contributed by atoms with Crippen molar-refractivity contribution in [2.24, 2.45) is 11.1 Å². The van der Waals surface area contributed by atoms with Crippen molar-refractivity contribution in [2.45, 2.75) is 25.7 Å². The van der Waals surface area contributed by atoms with Gasteiger partial charge < -0.3 is 5.73 Å². The zero-order chi connectivity index (χ0) is 11.3. The summed E-state index contributed by atoms with van der Waals surface area (Å²) in [5.74, 6) is -1.18. The lowest BCUT2D eigenvalue weighted by molar-refractivity contribution is 0.445. The maximum Gasteiger partial charge on any atom is 0.148 e. The molecule has 1 aliphatic rings. The van der Waals surface area contributed by atoms with Gasteiger partial charge in [0.05, 0.1) is 12.4 Å². The van der Waals surface area contributed by atoms with Gasteiger partial charge in [0, 0.05) is 17.5 Å². The Hall–Kier alpha value is -1.03. The van der Waals surface area contributed by atoms with Crippen LogP contribution in [0.2, 0.25) is 0 Å². The van der Waals surface area contributed by atoms with Crippen LogP contribution in [0.3, 0.4) is 0 Å². The zero-order valence-electron chi connectivity index (χ0n) is 8.85. The fourth-order valence-corrected chi connectivity index (χ4v) is 2.46. The first-order valence-corrected chi connectivity index (χ1v) is 4.94. The SMILES string of the molecule is CC1(C)CC1(CN)c1c(F)cncc1F. The van der Waals surface area contributed by atoms with E-state index >= 15 is 0 Å². The lowest BCUT2D eigenvalue weighted by Gasteiger charge is -2.19. The molecule has 2 rings (SSSR count). The van der Waals surface area contributed by atoms with Gasteiger partial charge in [0.15, 0.2) is 0 Å². The van der Waals surface area contributed by atoms with Crippen molar-refractivity contribution in [2.75, 3.05) is 6.54 Å². The second kappa shape index (κ2) is 2.98. The molecule has 0 amide bonds. The Morgan fingerprint density at radius 3 is 2.13 bits per heavy atom. The molecule has 1 saturated carbocycles. The van der Waals surface area contributed by atoms with E-state index < -0.39 is 17.0 Å². The van der Waals surface area contributed by atoms with Crippen molar-refractivity contribution in [3.05, 3.63) is 29.6 Å². The summed E-state index contributed by atoms with van der Waals surface area (Å²) in [5, 5.41) is 0. The summed E-state index contributed by atoms with van der Waals surface area (Å²) in [6.07, 6.45) is 2.81. The van der Waals surface area contributed by atoms with E-state index in [9.17, 15) is 8.78 Å². The maximum absolute atomic E-state index is 13.6. The molecule has 2 N–H and O–H groups in total. The first kappa shape index (κ1) is 10.5. The Morgan fingerprint density at radius 2 is 1.80 bits per heavy atom. The summed E-state index contributed by atoms with van der Waals surface area (Å²) >= 11 is 0. The molecule has 1 unspecified atom stereocenters. The van der Waals surface area contributed by atoms with Crippen LogP contribution >= 0.6 is 0 Å². The molecule has 0 radical (unpaired) electrons. The molecule has 1 aromatic rings. The monoisotopic (exact) mass is 212 g/mol. The third-order valence-corrected chi connectivity index (χ3v) is 3.59. The summed E-state index contributed by atoms with van der Waals surface area (Å²) in [6, 6.07) is 0. The van der Waals surface area contributed by atoms with Crippen LogP contribution in [0.25, 0.3) is 0 Å². The lowest BCUT2D eigenvalue weighted by Crippen LogP contribution is -2.27. The number of halogens is 2. The summed E-state index contributed by atoms with van der Waals surface area (Å²) in [5.41, 5.74) is 5.08. The van der Waals surface area contributed by atoms with Crippen molar-refractivity contribution >= 4 is 0 Å². The van der Waals surface area contributed by atoms with E-state index in [1.165, 1.54) is 0 Å². The van der Waals surface area contributed by atoms with Crippen LogP contribution in [-0.4, -0.2) is 11.5 Å². The molecule has 2 nitrogen and oxygen atoms in total. The Bertz CT molecular complexity index is 383. The fourth-order valence-electron chi connectivity index (χ4n) is 2.46. The molecule has 1 heterocycles. The predicted molar refractivity (Wildman–Crippen MR) is 53.3 cm³/mol. The van der Waals surface area contributed by atoms with E-state index in [-0.39, 0.29) is 17.5 Å². The van der Waals surface area contributed by atoms with Crippen LogP contribution in [0.1, 0.15) is 25.8 Å². The molecule has 82 valence electrons. The van der Waals surface area contributed by atoms with Gasteiger partial charge in [-0.2, -0.15) is 0 Å². The van der Waals surface area contributed by atoms with Crippen LogP contribution in [0.4, 0.5) is 8.78 Å². The smallest absolute Gasteiger partial charge is 0.148 e. The van der Waals surface area contributed by atoms with Gasteiger partial charge in [-0.25, -0.2) is 8.78 Å². The second-order valence-electron chi connectivity index (χ2n) is 4.83. The molecule has 0 bridgehead atoms. The topological polar surface area (TPSA) is 38.9 Å². The largest absolute Gasteiger partial charge is 0.330 e. The maximum atomic E-state index is 13.6. The van der Waals surface area contributed by atoms with Crippen molar-refractivity contribution in [3.63, 3.8) is 0 Å². The van der Waals surface area contributed by atoms with Crippen LogP contribution in [0.15, 0.2) is 12.4 Å². The van der Waals surface area contributed by atoms with Gasteiger partial charge in [0.25, 0.3) is 0 Å². The minimum Gasteiger partial charge on any atom is -0.330 e. The number of hydrogen-bond donors (Lipinski definition) is 1. The second-order valence-corrected chi connectivity index (χ2v) is 4.83. The van der Waals surface area contributed by atoms with Gasteiger partial charge >= 0.3 is 0 Å². The van der Waals surface area contributed by atoms with Crippen LogP contribution in [0.5, 0.6) is 0 Å². The highest BCUT2D eigenvalue weighted by atomic mass is 19.1. The third-order valence-electron chi connectivity index (χ3n) is 3.59. The molecule has 15 heavy (non-hydrogen) atoms. The van der Waals surface area contributed by atoms with Gasteiger partial charge in [0.1, 0.15) is 11.6 Å². The number of nitrogens with two attached hydrogens (primary N) is 1. The average Bonchev–Trinajstić information content (AvgIpc) is 2.69. The molecule has 1 fully saturated rings. The Kier molecular flexibility index (Phi) is 2.08. The molecule has 0 aliphatic heterocycles. The van der Waals surface area contributed by atoms with Gasteiger partial charge in [-0.05, 0) is 11.8 Å². The first-order chi connectivity index (χ1) is 6.94. The third kappa shape index (κ3) is 1.28. The number of aromatic nitrogens is 1. The van der Waals surface area contributed by atoms with Crippen molar-refractivity contribution < 1.29 is 8.78 Å². The van der Waals surface area contributed by atoms with E-state index in [1.54, 1.807) is 0 Å². The number of hydrogen-bond acceptors (Lipinski definition) is 2. The molecule has 0 saturated heterocycles. The minimum absolute atomic E-state index is 0.102. The summed E-state index contributed by atoms with van der Waals surface area (Å²) in [6.45, 7) is 4.20. The first-order valence-electron chi connectivity index (χ1n) is 4.94. The van der Waals surface area contributed by atoms with E-state index in [0.29, 0.717) is 6.42 Å².